The molecule has 0 aliphatic carbocycles. The molecule has 0 bridgehead atoms. The topological polar surface area (TPSA) is 58.1 Å². The number of unbranched alkanes of at least 4 members (excludes halogenated alkanes) is 1. The van der Waals surface area contributed by atoms with Crippen LogP contribution >= 0.6 is 0 Å². The van der Waals surface area contributed by atoms with Crippen LogP contribution in [-0.4, -0.2) is 34.4 Å². The van der Waals surface area contributed by atoms with Crippen LogP contribution < -0.4 is 5.32 Å². The van der Waals surface area contributed by atoms with E-state index in [0.717, 1.165) is 31.3 Å². The van der Waals surface area contributed by atoms with E-state index in [1.807, 2.05) is 6.92 Å². The maximum Gasteiger partial charge on any atom is 0.272 e. The van der Waals surface area contributed by atoms with E-state index in [1.165, 1.54) is 11.0 Å². The first kappa shape index (κ1) is 17.7. The Balaban J connectivity index is 2.19. The molecule has 0 spiro atoms. The predicted molar refractivity (Wildman–Crippen MR) is 83.5 cm³/mol. The van der Waals surface area contributed by atoms with E-state index in [4.69, 9.17) is 0 Å². The van der Waals surface area contributed by atoms with Crippen LogP contribution in [0, 0.1) is 17.5 Å². The molecule has 0 radical (unpaired) electrons. The number of aromatic nitrogens is 2. The van der Waals surface area contributed by atoms with Crippen molar-refractivity contribution in [3.63, 3.8) is 0 Å². The van der Waals surface area contributed by atoms with E-state index >= 15 is 0 Å². The van der Waals surface area contributed by atoms with Gasteiger partial charge in [0.25, 0.3) is 5.91 Å². The van der Waals surface area contributed by atoms with E-state index in [1.54, 1.807) is 7.05 Å². The third kappa shape index (κ3) is 4.01. The van der Waals surface area contributed by atoms with Crippen molar-refractivity contribution in [1.82, 2.24) is 14.9 Å². The second-order valence-electron chi connectivity index (χ2n) is 5.22. The molecular formula is C16H17F3N4O. The van der Waals surface area contributed by atoms with Gasteiger partial charge in [-0.2, -0.15) is 0 Å². The van der Waals surface area contributed by atoms with Gasteiger partial charge >= 0.3 is 0 Å². The average molecular weight is 338 g/mol. The van der Waals surface area contributed by atoms with Gasteiger partial charge in [-0.05, 0) is 18.6 Å². The largest absolute Gasteiger partial charge is 0.340 e. The summed E-state index contributed by atoms with van der Waals surface area (Å²) in [7, 11) is 1.65. The smallest absolute Gasteiger partial charge is 0.272 e. The first-order valence-corrected chi connectivity index (χ1v) is 7.42. The van der Waals surface area contributed by atoms with Crippen molar-refractivity contribution in [3.05, 3.63) is 47.7 Å². The third-order valence-electron chi connectivity index (χ3n) is 3.38. The number of rotatable bonds is 6. The molecule has 1 aromatic carbocycles. The summed E-state index contributed by atoms with van der Waals surface area (Å²) in [6.07, 6.45) is 2.95. The molecule has 8 heteroatoms. The monoisotopic (exact) mass is 338 g/mol. The number of benzene rings is 1. The zero-order valence-electron chi connectivity index (χ0n) is 13.3. The SMILES string of the molecule is CCCCN(C)C(=O)c1cc(Nc2ccc(F)c(F)c2F)ncn1. The van der Waals surface area contributed by atoms with Gasteiger partial charge in [0.1, 0.15) is 17.8 Å². The Hall–Kier alpha value is -2.64. The molecule has 0 fully saturated rings. The van der Waals surface area contributed by atoms with E-state index in [9.17, 15) is 18.0 Å². The normalized spacial score (nSPS) is 10.5. The number of nitrogens with zero attached hydrogens (tertiary/aromatic N) is 3. The van der Waals surface area contributed by atoms with Crippen molar-refractivity contribution in [2.45, 2.75) is 19.8 Å². The quantitative estimate of drug-likeness (QED) is 0.819. The third-order valence-corrected chi connectivity index (χ3v) is 3.38. The molecule has 0 saturated carbocycles. The fraction of sp³-hybridized carbons (Fsp3) is 0.312. The highest BCUT2D eigenvalue weighted by molar-refractivity contribution is 5.92. The number of hydrogen-bond acceptors (Lipinski definition) is 4. The zero-order valence-corrected chi connectivity index (χ0v) is 13.3. The molecule has 0 aliphatic rings. The van der Waals surface area contributed by atoms with E-state index < -0.39 is 17.5 Å². The summed E-state index contributed by atoms with van der Waals surface area (Å²) < 4.78 is 39.9. The van der Waals surface area contributed by atoms with Crippen LogP contribution in [-0.2, 0) is 0 Å². The van der Waals surface area contributed by atoms with Gasteiger partial charge < -0.3 is 10.2 Å². The molecule has 0 saturated heterocycles. The molecule has 1 heterocycles. The molecule has 2 rings (SSSR count). The minimum absolute atomic E-state index is 0.0992. The van der Waals surface area contributed by atoms with Crippen molar-refractivity contribution in [3.8, 4) is 0 Å². The molecule has 128 valence electrons. The predicted octanol–water partition coefficient (Wildman–Crippen LogP) is 3.51. The van der Waals surface area contributed by atoms with Crippen LogP contribution in [0.25, 0.3) is 0 Å². The van der Waals surface area contributed by atoms with Crippen LogP contribution in [0.2, 0.25) is 0 Å². The molecule has 1 aromatic heterocycles. The molecule has 1 N–H and O–H groups in total. The Labute approximate surface area is 137 Å². The minimum atomic E-state index is -1.58. The van der Waals surface area contributed by atoms with Crippen LogP contribution in [0.1, 0.15) is 30.3 Å². The number of carbonyl (C=O) groups is 1. The average Bonchev–Trinajstić information content (AvgIpc) is 2.59. The van der Waals surface area contributed by atoms with E-state index in [-0.39, 0.29) is 23.1 Å². The lowest BCUT2D eigenvalue weighted by Crippen LogP contribution is -2.28. The highest BCUT2D eigenvalue weighted by atomic mass is 19.2. The standard InChI is InChI=1S/C16H17F3N4O/c1-3-4-7-23(2)16(24)12-8-13(21-9-20-12)22-11-6-5-10(17)14(18)15(11)19/h5-6,8-9H,3-4,7H2,1-2H3,(H,20,21,22). The first-order valence-electron chi connectivity index (χ1n) is 7.42. The van der Waals surface area contributed by atoms with Crippen molar-refractivity contribution < 1.29 is 18.0 Å². The summed E-state index contributed by atoms with van der Waals surface area (Å²) in [6, 6.07) is 3.17. The summed E-state index contributed by atoms with van der Waals surface area (Å²) in [6.45, 7) is 2.60. The summed E-state index contributed by atoms with van der Waals surface area (Å²) in [5.74, 6) is -4.43. The first-order chi connectivity index (χ1) is 11.4. The molecule has 5 nitrogen and oxygen atoms in total. The molecule has 2 aromatic rings. The molecular weight excluding hydrogens is 321 g/mol. The van der Waals surface area contributed by atoms with Crippen molar-refractivity contribution in [2.75, 3.05) is 18.9 Å². The van der Waals surface area contributed by atoms with Crippen LogP contribution in [0.15, 0.2) is 24.5 Å². The van der Waals surface area contributed by atoms with Gasteiger partial charge in [-0.25, -0.2) is 23.1 Å². The Morgan fingerprint density at radius 3 is 2.67 bits per heavy atom. The number of hydrogen-bond donors (Lipinski definition) is 1. The highest BCUT2D eigenvalue weighted by Crippen LogP contribution is 2.22. The lowest BCUT2D eigenvalue weighted by Gasteiger charge is -2.16. The summed E-state index contributed by atoms with van der Waals surface area (Å²) in [5, 5.41) is 2.51. The summed E-state index contributed by atoms with van der Waals surface area (Å²) in [4.78, 5) is 21.5. The number of nitrogens with one attached hydrogen (secondary N) is 1. The number of anilines is 2. The molecule has 0 unspecified atom stereocenters. The lowest BCUT2D eigenvalue weighted by molar-refractivity contribution is 0.0787. The van der Waals surface area contributed by atoms with Crippen LogP contribution in [0.5, 0.6) is 0 Å². The Bertz CT molecular complexity index is 739. The number of halogens is 3. The molecule has 24 heavy (non-hydrogen) atoms. The summed E-state index contributed by atoms with van der Waals surface area (Å²) >= 11 is 0. The lowest BCUT2D eigenvalue weighted by atomic mass is 10.2. The van der Waals surface area contributed by atoms with E-state index in [2.05, 4.69) is 15.3 Å². The molecule has 0 atom stereocenters. The van der Waals surface area contributed by atoms with Crippen molar-refractivity contribution in [2.24, 2.45) is 0 Å². The fourth-order valence-corrected chi connectivity index (χ4v) is 2.00. The fourth-order valence-electron chi connectivity index (χ4n) is 2.00. The summed E-state index contributed by atoms with van der Waals surface area (Å²) in [5.41, 5.74) is -0.167. The van der Waals surface area contributed by atoms with Gasteiger partial charge in [-0.3, -0.25) is 4.79 Å². The van der Waals surface area contributed by atoms with Gasteiger partial charge in [0.05, 0.1) is 5.69 Å². The molecule has 0 aliphatic heterocycles. The number of amides is 1. The second-order valence-corrected chi connectivity index (χ2v) is 5.22. The van der Waals surface area contributed by atoms with Crippen LogP contribution in [0.3, 0.4) is 0 Å². The van der Waals surface area contributed by atoms with Gasteiger partial charge in [-0.15, -0.1) is 0 Å². The van der Waals surface area contributed by atoms with Crippen LogP contribution in [0.4, 0.5) is 24.7 Å². The molecule has 1 amide bonds. The Morgan fingerprint density at radius 1 is 1.21 bits per heavy atom. The van der Waals surface area contributed by atoms with Crippen molar-refractivity contribution in [1.29, 1.82) is 0 Å². The minimum Gasteiger partial charge on any atom is -0.340 e. The zero-order chi connectivity index (χ0) is 17.7. The Morgan fingerprint density at radius 2 is 1.96 bits per heavy atom. The van der Waals surface area contributed by atoms with E-state index in [0.29, 0.717) is 6.54 Å². The Kier molecular flexibility index (Phi) is 5.73. The number of carbonyl (C=O) groups excluding carboxylic acids is 1. The van der Waals surface area contributed by atoms with Crippen molar-refractivity contribution >= 4 is 17.4 Å². The second kappa shape index (κ2) is 7.76. The maximum absolute atomic E-state index is 13.7. The van der Waals surface area contributed by atoms with Gasteiger partial charge in [0.2, 0.25) is 0 Å². The van der Waals surface area contributed by atoms with Gasteiger partial charge in [0.15, 0.2) is 17.5 Å². The van der Waals surface area contributed by atoms with Gasteiger partial charge in [-0.1, -0.05) is 13.3 Å². The highest BCUT2D eigenvalue weighted by Gasteiger charge is 2.16. The maximum atomic E-state index is 13.7. The van der Waals surface area contributed by atoms with Gasteiger partial charge in [0, 0.05) is 19.7 Å².